The normalized spacial score (nSPS) is 12.1. The Labute approximate surface area is 114 Å². The summed E-state index contributed by atoms with van der Waals surface area (Å²) >= 11 is 0. The van der Waals surface area contributed by atoms with E-state index in [0.717, 1.165) is 31.6 Å². The molecule has 0 aliphatic carbocycles. The second kappa shape index (κ2) is 7.54. The van der Waals surface area contributed by atoms with Crippen LogP contribution in [0.3, 0.4) is 0 Å². The molecule has 0 saturated heterocycles. The molecule has 19 heavy (non-hydrogen) atoms. The largest absolute Gasteiger partial charge is 0.486 e. The first-order chi connectivity index (χ1) is 9.40. The van der Waals surface area contributed by atoms with Gasteiger partial charge in [-0.15, -0.1) is 0 Å². The van der Waals surface area contributed by atoms with Gasteiger partial charge in [0.05, 0.1) is 0 Å². The fourth-order valence-corrected chi connectivity index (χ4v) is 2.02. The maximum absolute atomic E-state index is 6.07. The van der Waals surface area contributed by atoms with Crippen molar-refractivity contribution in [3.05, 3.63) is 60.4 Å². The molecular formula is C16H20N2O. The zero-order valence-electron chi connectivity index (χ0n) is 11.0. The van der Waals surface area contributed by atoms with Crippen LogP contribution in [0.5, 0.6) is 5.75 Å². The highest BCUT2D eigenvalue weighted by Gasteiger charge is 2.12. The number of nitrogens with zero attached hydrogens (tertiary/aromatic N) is 1. The van der Waals surface area contributed by atoms with Gasteiger partial charge in [0.25, 0.3) is 0 Å². The number of hydrogen-bond acceptors (Lipinski definition) is 3. The average Bonchev–Trinajstić information content (AvgIpc) is 2.48. The molecule has 1 aromatic carbocycles. The third-order valence-corrected chi connectivity index (χ3v) is 3.02. The van der Waals surface area contributed by atoms with E-state index in [1.807, 2.05) is 30.3 Å². The van der Waals surface area contributed by atoms with Gasteiger partial charge in [-0.2, -0.15) is 0 Å². The molecule has 0 amide bonds. The lowest BCUT2D eigenvalue weighted by Crippen LogP contribution is -2.09. The third kappa shape index (κ3) is 4.38. The van der Waals surface area contributed by atoms with Crippen LogP contribution in [0.1, 0.15) is 30.9 Å². The van der Waals surface area contributed by atoms with Crippen molar-refractivity contribution in [3.63, 3.8) is 0 Å². The van der Waals surface area contributed by atoms with Crippen molar-refractivity contribution in [1.29, 1.82) is 0 Å². The highest BCUT2D eigenvalue weighted by atomic mass is 16.5. The first-order valence-corrected chi connectivity index (χ1v) is 6.72. The Balaban J connectivity index is 2.06. The molecule has 0 bridgehead atoms. The summed E-state index contributed by atoms with van der Waals surface area (Å²) in [6.07, 6.45) is 6.65. The van der Waals surface area contributed by atoms with Crippen LogP contribution in [-0.4, -0.2) is 11.5 Å². The minimum atomic E-state index is 0.0788. The van der Waals surface area contributed by atoms with E-state index in [1.165, 1.54) is 5.56 Å². The molecule has 0 radical (unpaired) electrons. The van der Waals surface area contributed by atoms with Crippen LogP contribution < -0.4 is 10.5 Å². The molecule has 3 nitrogen and oxygen atoms in total. The van der Waals surface area contributed by atoms with Crippen molar-refractivity contribution in [2.75, 3.05) is 6.54 Å². The van der Waals surface area contributed by atoms with Crippen LogP contribution in [0, 0.1) is 0 Å². The van der Waals surface area contributed by atoms with Gasteiger partial charge in [0.1, 0.15) is 11.9 Å². The zero-order chi connectivity index (χ0) is 13.3. The van der Waals surface area contributed by atoms with E-state index in [-0.39, 0.29) is 6.10 Å². The number of nitrogens with two attached hydrogens (primary N) is 1. The number of ether oxygens (including phenoxy) is 1. The summed E-state index contributed by atoms with van der Waals surface area (Å²) in [5.74, 6) is 0.858. The lowest BCUT2D eigenvalue weighted by molar-refractivity contribution is 0.191. The molecule has 0 fully saturated rings. The van der Waals surface area contributed by atoms with Crippen LogP contribution >= 0.6 is 0 Å². The standard InChI is InChI=1S/C16H20N2O/c17-11-5-4-8-16(14-6-2-1-3-7-14)19-15-9-12-18-13-10-15/h1-3,6-7,9-10,12-13,16H,4-5,8,11,17H2. The first-order valence-electron chi connectivity index (χ1n) is 6.72. The molecule has 2 N–H and O–H groups in total. The Morgan fingerprint density at radius 3 is 2.42 bits per heavy atom. The lowest BCUT2D eigenvalue weighted by Gasteiger charge is -2.19. The summed E-state index contributed by atoms with van der Waals surface area (Å²) in [6.45, 7) is 0.733. The van der Waals surface area contributed by atoms with Crippen molar-refractivity contribution in [3.8, 4) is 5.75 Å². The van der Waals surface area contributed by atoms with Crippen molar-refractivity contribution in [1.82, 2.24) is 4.98 Å². The molecule has 3 heteroatoms. The third-order valence-electron chi connectivity index (χ3n) is 3.02. The maximum Gasteiger partial charge on any atom is 0.124 e. The van der Waals surface area contributed by atoms with Gasteiger partial charge in [0.15, 0.2) is 0 Å². The van der Waals surface area contributed by atoms with Crippen LogP contribution in [0.2, 0.25) is 0 Å². The minimum Gasteiger partial charge on any atom is -0.486 e. The van der Waals surface area contributed by atoms with E-state index in [1.54, 1.807) is 12.4 Å². The van der Waals surface area contributed by atoms with Crippen molar-refractivity contribution in [2.24, 2.45) is 5.73 Å². The zero-order valence-corrected chi connectivity index (χ0v) is 11.0. The van der Waals surface area contributed by atoms with E-state index in [2.05, 4.69) is 17.1 Å². The molecule has 0 saturated carbocycles. The second-order valence-electron chi connectivity index (χ2n) is 4.48. The predicted molar refractivity (Wildman–Crippen MR) is 77.0 cm³/mol. The van der Waals surface area contributed by atoms with Crippen molar-refractivity contribution in [2.45, 2.75) is 25.4 Å². The van der Waals surface area contributed by atoms with Gasteiger partial charge in [-0.1, -0.05) is 30.3 Å². The van der Waals surface area contributed by atoms with E-state index in [4.69, 9.17) is 10.5 Å². The first kappa shape index (κ1) is 13.6. The summed E-state index contributed by atoms with van der Waals surface area (Å²) in [6, 6.07) is 14.1. The SMILES string of the molecule is NCCCCC(Oc1ccncc1)c1ccccc1. The predicted octanol–water partition coefficient (Wildman–Crippen LogP) is 3.33. The highest BCUT2D eigenvalue weighted by molar-refractivity contribution is 5.22. The van der Waals surface area contributed by atoms with Gasteiger partial charge in [-0.3, -0.25) is 4.98 Å². The number of benzene rings is 1. The lowest BCUT2D eigenvalue weighted by atomic mass is 10.0. The van der Waals surface area contributed by atoms with Crippen LogP contribution in [0.25, 0.3) is 0 Å². The minimum absolute atomic E-state index is 0.0788. The van der Waals surface area contributed by atoms with Crippen LogP contribution in [-0.2, 0) is 0 Å². The fourth-order valence-electron chi connectivity index (χ4n) is 2.02. The second-order valence-corrected chi connectivity index (χ2v) is 4.48. The van der Waals surface area contributed by atoms with Gasteiger partial charge < -0.3 is 10.5 Å². The highest BCUT2D eigenvalue weighted by Crippen LogP contribution is 2.25. The topological polar surface area (TPSA) is 48.1 Å². The summed E-state index contributed by atoms with van der Waals surface area (Å²) in [5, 5.41) is 0. The monoisotopic (exact) mass is 256 g/mol. The van der Waals surface area contributed by atoms with E-state index < -0.39 is 0 Å². The van der Waals surface area contributed by atoms with Crippen molar-refractivity contribution >= 4 is 0 Å². The molecule has 0 aliphatic heterocycles. The number of rotatable bonds is 7. The van der Waals surface area contributed by atoms with Crippen LogP contribution in [0.15, 0.2) is 54.9 Å². The molecule has 0 spiro atoms. The van der Waals surface area contributed by atoms with Gasteiger partial charge in [-0.25, -0.2) is 0 Å². The number of pyridine rings is 1. The Hall–Kier alpha value is -1.87. The smallest absolute Gasteiger partial charge is 0.124 e. The number of unbranched alkanes of at least 4 members (excludes halogenated alkanes) is 1. The quantitative estimate of drug-likeness (QED) is 0.773. The van der Waals surface area contributed by atoms with Gasteiger partial charge in [-0.05, 0) is 43.5 Å². The van der Waals surface area contributed by atoms with Crippen LogP contribution in [0.4, 0.5) is 0 Å². The number of hydrogen-bond donors (Lipinski definition) is 1. The average molecular weight is 256 g/mol. The van der Waals surface area contributed by atoms with E-state index in [0.29, 0.717) is 0 Å². The molecule has 0 aliphatic rings. The molecular weight excluding hydrogens is 236 g/mol. The van der Waals surface area contributed by atoms with E-state index in [9.17, 15) is 0 Å². The molecule has 2 rings (SSSR count). The van der Waals surface area contributed by atoms with Gasteiger partial charge in [0.2, 0.25) is 0 Å². The fraction of sp³-hybridized carbons (Fsp3) is 0.312. The number of aromatic nitrogens is 1. The van der Waals surface area contributed by atoms with E-state index >= 15 is 0 Å². The molecule has 100 valence electrons. The molecule has 1 atom stereocenters. The molecule has 2 aromatic rings. The Kier molecular flexibility index (Phi) is 5.38. The summed E-state index contributed by atoms with van der Waals surface area (Å²) in [4.78, 5) is 4.00. The summed E-state index contributed by atoms with van der Waals surface area (Å²) < 4.78 is 6.07. The summed E-state index contributed by atoms with van der Waals surface area (Å²) in [7, 11) is 0. The van der Waals surface area contributed by atoms with Gasteiger partial charge in [0, 0.05) is 12.4 Å². The maximum atomic E-state index is 6.07. The summed E-state index contributed by atoms with van der Waals surface area (Å²) in [5.41, 5.74) is 6.76. The van der Waals surface area contributed by atoms with Crippen molar-refractivity contribution < 1.29 is 4.74 Å². The van der Waals surface area contributed by atoms with Gasteiger partial charge >= 0.3 is 0 Å². The Morgan fingerprint density at radius 2 is 1.74 bits per heavy atom. The Morgan fingerprint density at radius 1 is 1.00 bits per heavy atom. The molecule has 1 unspecified atom stereocenters. The Bertz CT molecular complexity index is 459. The molecule has 1 heterocycles. The molecule has 1 aromatic heterocycles.